The van der Waals surface area contributed by atoms with Crippen LogP contribution in [-0.4, -0.2) is 20.0 Å². The number of halogens is 1. The summed E-state index contributed by atoms with van der Waals surface area (Å²) in [4.78, 5) is 12.8. The Labute approximate surface area is 222 Å². The number of hydrazone groups is 1. The molecule has 4 aromatic carbocycles. The summed E-state index contributed by atoms with van der Waals surface area (Å²) in [5.74, 6) is -0.360. The van der Waals surface area contributed by atoms with E-state index in [-0.39, 0.29) is 17.3 Å². The molecule has 6 nitrogen and oxygen atoms in total. The van der Waals surface area contributed by atoms with Crippen LogP contribution in [0.25, 0.3) is 0 Å². The van der Waals surface area contributed by atoms with Crippen molar-refractivity contribution in [3.05, 3.63) is 130 Å². The van der Waals surface area contributed by atoms with E-state index in [0.29, 0.717) is 33.1 Å². The first-order valence-corrected chi connectivity index (χ1v) is 13.4. The minimum Gasteiger partial charge on any atom is -0.267 e. The number of hydrogen-bond donors (Lipinski definition) is 1. The van der Waals surface area contributed by atoms with Gasteiger partial charge in [0.1, 0.15) is 0 Å². The smallest absolute Gasteiger partial charge is 0.267 e. The van der Waals surface area contributed by atoms with E-state index >= 15 is 0 Å². The number of amides is 1. The maximum atomic E-state index is 13.6. The molecule has 0 aromatic heterocycles. The second-order valence-corrected chi connectivity index (χ2v) is 10.7. The Kier molecular flexibility index (Phi) is 8.06. The van der Waals surface area contributed by atoms with Gasteiger partial charge in [-0.3, -0.25) is 9.10 Å². The van der Waals surface area contributed by atoms with Crippen molar-refractivity contribution in [2.24, 2.45) is 5.10 Å². The zero-order valence-corrected chi connectivity index (χ0v) is 22.0. The Morgan fingerprint density at radius 3 is 2.11 bits per heavy atom. The maximum Gasteiger partial charge on any atom is 0.271 e. The Bertz CT molecular complexity index is 1520. The molecule has 8 heteroatoms. The van der Waals surface area contributed by atoms with Crippen LogP contribution in [0, 0.1) is 6.92 Å². The lowest BCUT2D eigenvalue weighted by Crippen LogP contribution is -2.31. The van der Waals surface area contributed by atoms with Gasteiger partial charge in [0, 0.05) is 10.6 Å². The number of nitrogens with zero attached hydrogens (tertiary/aromatic N) is 2. The van der Waals surface area contributed by atoms with Crippen LogP contribution in [0.1, 0.15) is 34.0 Å². The molecule has 4 rings (SSSR count). The van der Waals surface area contributed by atoms with Gasteiger partial charge in [-0.15, -0.1) is 0 Å². The lowest BCUT2D eigenvalue weighted by Gasteiger charge is -2.26. The van der Waals surface area contributed by atoms with Crippen molar-refractivity contribution in [1.29, 1.82) is 0 Å². The third-order valence-corrected chi connectivity index (χ3v) is 8.08. The van der Waals surface area contributed by atoms with Gasteiger partial charge in [-0.1, -0.05) is 78.3 Å². The van der Waals surface area contributed by atoms with Gasteiger partial charge in [0.05, 0.1) is 22.8 Å². The monoisotopic (exact) mass is 531 g/mol. The predicted octanol–water partition coefficient (Wildman–Crippen LogP) is 6.20. The number of carbonyl (C=O) groups excluding carboxylic acids is 1. The lowest BCUT2D eigenvalue weighted by molar-refractivity contribution is 0.0955. The van der Waals surface area contributed by atoms with E-state index in [1.54, 1.807) is 79.7 Å². The molecule has 0 aliphatic heterocycles. The Balaban J connectivity index is 1.58. The van der Waals surface area contributed by atoms with E-state index in [1.807, 2.05) is 37.3 Å². The maximum absolute atomic E-state index is 13.6. The molecule has 0 heterocycles. The SMILES string of the molecule is C/C(=N/NC(=O)c1ccc(CN(c2cccc(Cl)c2C)S(=O)(=O)c2ccccc2)cc1)c1ccccc1. The van der Waals surface area contributed by atoms with Crippen molar-refractivity contribution in [3.8, 4) is 0 Å². The standard InChI is InChI=1S/C29H26ClN3O3S/c1-21-27(30)14-9-15-28(21)33(37(35,36)26-12-7-4-8-13-26)20-23-16-18-25(19-17-23)29(34)32-31-22(2)24-10-5-3-6-11-24/h3-19H,20H2,1-2H3,(H,32,34)/b31-22-. The highest BCUT2D eigenvalue weighted by Crippen LogP contribution is 2.32. The van der Waals surface area contributed by atoms with Gasteiger partial charge in [0.15, 0.2) is 0 Å². The lowest BCUT2D eigenvalue weighted by atomic mass is 10.1. The number of hydrogen-bond acceptors (Lipinski definition) is 4. The van der Waals surface area contributed by atoms with Gasteiger partial charge in [-0.05, 0) is 66.9 Å². The first kappa shape index (κ1) is 26.1. The number of nitrogens with one attached hydrogen (secondary N) is 1. The molecule has 0 radical (unpaired) electrons. The minimum absolute atomic E-state index is 0.0611. The molecular weight excluding hydrogens is 506 g/mol. The average molecular weight is 532 g/mol. The van der Waals surface area contributed by atoms with E-state index in [9.17, 15) is 13.2 Å². The summed E-state index contributed by atoms with van der Waals surface area (Å²) in [6.45, 7) is 3.67. The third kappa shape index (κ3) is 6.07. The fourth-order valence-electron chi connectivity index (χ4n) is 3.76. The van der Waals surface area contributed by atoms with Crippen LogP contribution in [0.3, 0.4) is 0 Å². The number of carbonyl (C=O) groups is 1. The normalized spacial score (nSPS) is 11.7. The van der Waals surface area contributed by atoms with Crippen LogP contribution in [0.5, 0.6) is 0 Å². The largest absolute Gasteiger partial charge is 0.271 e. The summed E-state index contributed by atoms with van der Waals surface area (Å²) in [6, 6.07) is 29.8. The van der Waals surface area contributed by atoms with Crippen LogP contribution < -0.4 is 9.73 Å². The summed E-state index contributed by atoms with van der Waals surface area (Å²) < 4.78 is 28.6. The average Bonchev–Trinajstić information content (AvgIpc) is 2.93. The van der Waals surface area contributed by atoms with E-state index < -0.39 is 10.0 Å². The second kappa shape index (κ2) is 11.4. The van der Waals surface area contributed by atoms with Crippen molar-refractivity contribution < 1.29 is 13.2 Å². The van der Waals surface area contributed by atoms with Crippen LogP contribution in [0.15, 0.2) is 113 Å². The zero-order chi connectivity index (χ0) is 26.4. The quantitative estimate of drug-likeness (QED) is 0.217. The van der Waals surface area contributed by atoms with Gasteiger partial charge >= 0.3 is 0 Å². The van der Waals surface area contributed by atoms with Gasteiger partial charge in [-0.2, -0.15) is 5.10 Å². The summed E-state index contributed by atoms with van der Waals surface area (Å²) in [7, 11) is -3.88. The molecule has 4 aromatic rings. The van der Waals surface area contributed by atoms with Crippen LogP contribution in [-0.2, 0) is 16.6 Å². The Hall–Kier alpha value is -3.94. The minimum atomic E-state index is -3.88. The zero-order valence-electron chi connectivity index (χ0n) is 20.4. The number of rotatable bonds is 8. The molecule has 1 amide bonds. The van der Waals surface area contributed by atoms with Gasteiger partial charge in [0.2, 0.25) is 0 Å². The molecule has 37 heavy (non-hydrogen) atoms. The molecule has 1 N–H and O–H groups in total. The number of sulfonamides is 1. The molecule has 0 saturated heterocycles. The first-order valence-electron chi connectivity index (χ1n) is 11.6. The highest BCUT2D eigenvalue weighted by Gasteiger charge is 2.27. The third-order valence-electron chi connectivity index (χ3n) is 5.90. The van der Waals surface area contributed by atoms with Gasteiger partial charge < -0.3 is 0 Å². The summed E-state index contributed by atoms with van der Waals surface area (Å²) in [5.41, 5.74) is 6.43. The van der Waals surface area contributed by atoms with Crippen molar-refractivity contribution in [1.82, 2.24) is 5.43 Å². The van der Waals surface area contributed by atoms with Crippen molar-refractivity contribution in [2.45, 2.75) is 25.3 Å². The molecule has 0 atom stereocenters. The molecular formula is C29H26ClN3O3S. The highest BCUT2D eigenvalue weighted by atomic mass is 35.5. The summed E-state index contributed by atoms with van der Waals surface area (Å²) >= 11 is 6.33. The predicted molar refractivity (Wildman–Crippen MR) is 149 cm³/mol. The topological polar surface area (TPSA) is 78.8 Å². The van der Waals surface area contributed by atoms with Crippen molar-refractivity contribution >= 4 is 38.9 Å². The van der Waals surface area contributed by atoms with Crippen molar-refractivity contribution in [3.63, 3.8) is 0 Å². The molecule has 0 spiro atoms. The second-order valence-electron chi connectivity index (χ2n) is 8.41. The van der Waals surface area contributed by atoms with Crippen LogP contribution in [0.2, 0.25) is 5.02 Å². The van der Waals surface area contributed by atoms with E-state index in [1.165, 1.54) is 4.31 Å². The molecule has 0 aliphatic carbocycles. The molecule has 0 saturated carbocycles. The number of benzene rings is 4. The fraction of sp³-hybridized carbons (Fsp3) is 0.103. The van der Waals surface area contributed by atoms with Gasteiger partial charge in [0.25, 0.3) is 15.9 Å². The molecule has 0 aliphatic rings. The van der Waals surface area contributed by atoms with Crippen LogP contribution >= 0.6 is 11.6 Å². The Morgan fingerprint density at radius 1 is 0.838 bits per heavy atom. The molecule has 0 fully saturated rings. The van der Waals surface area contributed by atoms with E-state index in [2.05, 4.69) is 10.5 Å². The Morgan fingerprint density at radius 2 is 1.46 bits per heavy atom. The van der Waals surface area contributed by atoms with E-state index in [0.717, 1.165) is 5.56 Å². The molecule has 0 bridgehead atoms. The highest BCUT2D eigenvalue weighted by molar-refractivity contribution is 7.92. The summed E-state index contributed by atoms with van der Waals surface area (Å²) in [5, 5.41) is 4.66. The first-order chi connectivity index (χ1) is 17.8. The summed E-state index contributed by atoms with van der Waals surface area (Å²) in [6.07, 6.45) is 0. The number of anilines is 1. The molecule has 188 valence electrons. The van der Waals surface area contributed by atoms with E-state index in [4.69, 9.17) is 11.6 Å². The van der Waals surface area contributed by atoms with Crippen LogP contribution in [0.4, 0.5) is 5.69 Å². The molecule has 0 unspecified atom stereocenters. The fourth-order valence-corrected chi connectivity index (χ4v) is 5.46. The van der Waals surface area contributed by atoms with Gasteiger partial charge in [-0.25, -0.2) is 13.8 Å². The van der Waals surface area contributed by atoms with Crippen molar-refractivity contribution in [2.75, 3.05) is 4.31 Å².